The minimum absolute atomic E-state index is 0.0432. The molecule has 3 aromatic rings. The molecule has 0 spiro atoms. The lowest BCUT2D eigenvalue weighted by Gasteiger charge is -2.32. The summed E-state index contributed by atoms with van der Waals surface area (Å²) in [5.41, 5.74) is 0.186. The Bertz CT molecular complexity index is 988. The van der Waals surface area contributed by atoms with Crippen LogP contribution in [0.25, 0.3) is 0 Å². The Hall–Kier alpha value is -2.77. The van der Waals surface area contributed by atoms with E-state index in [0.29, 0.717) is 30.6 Å². The number of amides is 1. The van der Waals surface area contributed by atoms with Crippen LogP contribution in [-0.4, -0.2) is 40.0 Å². The molecule has 0 bridgehead atoms. The van der Waals surface area contributed by atoms with Gasteiger partial charge in [-0.15, -0.1) is 0 Å². The van der Waals surface area contributed by atoms with Crippen LogP contribution >= 0.6 is 23.2 Å². The zero-order valence-electron chi connectivity index (χ0n) is 16.1. The molecule has 1 saturated heterocycles. The highest BCUT2D eigenvalue weighted by Gasteiger charge is 2.27. The van der Waals surface area contributed by atoms with E-state index >= 15 is 0 Å². The van der Waals surface area contributed by atoms with Gasteiger partial charge in [-0.05, 0) is 36.4 Å². The molecular weight excluding hydrogens is 427 g/mol. The summed E-state index contributed by atoms with van der Waals surface area (Å²) in [6.07, 6.45) is 4.51. The average molecular weight is 447 g/mol. The number of aromatic nitrogens is 2. The van der Waals surface area contributed by atoms with Crippen LogP contribution in [0.4, 0.5) is 5.95 Å². The fourth-order valence-corrected chi connectivity index (χ4v) is 3.51. The summed E-state index contributed by atoms with van der Waals surface area (Å²) in [5, 5.41) is 3.93. The van der Waals surface area contributed by atoms with Crippen molar-refractivity contribution in [3.63, 3.8) is 0 Å². The molecule has 1 amide bonds. The van der Waals surface area contributed by atoms with E-state index in [1.165, 1.54) is 6.20 Å². The first-order chi connectivity index (χ1) is 14.6. The lowest BCUT2D eigenvalue weighted by molar-refractivity contribution is 0.0590. The molecule has 0 radical (unpaired) electrons. The first kappa shape index (κ1) is 20.5. The number of furan rings is 1. The predicted octanol–water partition coefficient (Wildman–Crippen LogP) is 4.67. The van der Waals surface area contributed by atoms with Crippen molar-refractivity contribution in [2.24, 2.45) is 0 Å². The van der Waals surface area contributed by atoms with Gasteiger partial charge in [-0.25, -0.2) is 9.97 Å². The van der Waals surface area contributed by atoms with Crippen molar-refractivity contribution in [3.8, 4) is 5.75 Å². The number of ether oxygens (including phenoxy) is 1. The van der Waals surface area contributed by atoms with Gasteiger partial charge in [0.05, 0.1) is 24.0 Å². The number of rotatable bonds is 6. The van der Waals surface area contributed by atoms with E-state index in [-0.39, 0.29) is 22.7 Å². The maximum atomic E-state index is 13.0. The smallest absolute Gasteiger partial charge is 0.274 e. The average Bonchev–Trinajstić information content (AvgIpc) is 3.29. The van der Waals surface area contributed by atoms with Gasteiger partial charge >= 0.3 is 0 Å². The van der Waals surface area contributed by atoms with E-state index in [0.717, 1.165) is 24.4 Å². The van der Waals surface area contributed by atoms with Crippen molar-refractivity contribution in [1.82, 2.24) is 14.9 Å². The Balaban J connectivity index is 1.35. The van der Waals surface area contributed by atoms with Gasteiger partial charge < -0.3 is 19.4 Å². The number of benzene rings is 1. The minimum Gasteiger partial charge on any atom is -0.490 e. The van der Waals surface area contributed by atoms with Gasteiger partial charge in [0.1, 0.15) is 17.6 Å². The van der Waals surface area contributed by atoms with Crippen LogP contribution in [0.5, 0.6) is 5.75 Å². The number of likely N-dealkylation sites (tertiary alicyclic amines) is 1. The van der Waals surface area contributed by atoms with Crippen molar-refractivity contribution in [2.45, 2.75) is 25.5 Å². The third-order valence-electron chi connectivity index (χ3n) is 4.79. The molecule has 1 aliphatic heterocycles. The predicted molar refractivity (Wildman–Crippen MR) is 114 cm³/mol. The summed E-state index contributed by atoms with van der Waals surface area (Å²) in [4.78, 5) is 23.1. The van der Waals surface area contributed by atoms with E-state index in [1.807, 2.05) is 18.2 Å². The molecule has 0 aliphatic carbocycles. The van der Waals surface area contributed by atoms with Crippen molar-refractivity contribution < 1.29 is 13.9 Å². The van der Waals surface area contributed by atoms with E-state index < -0.39 is 0 Å². The van der Waals surface area contributed by atoms with Crippen molar-refractivity contribution in [3.05, 3.63) is 70.4 Å². The van der Waals surface area contributed by atoms with Gasteiger partial charge in [0.25, 0.3) is 5.91 Å². The van der Waals surface area contributed by atoms with Gasteiger partial charge in [-0.2, -0.15) is 0 Å². The summed E-state index contributed by atoms with van der Waals surface area (Å²) in [6.45, 7) is 1.54. The first-order valence-corrected chi connectivity index (χ1v) is 10.3. The largest absolute Gasteiger partial charge is 0.490 e. The molecule has 4 rings (SSSR count). The van der Waals surface area contributed by atoms with E-state index in [4.69, 9.17) is 32.4 Å². The number of hydrogen-bond donors (Lipinski definition) is 1. The third kappa shape index (κ3) is 5.04. The number of halogens is 2. The molecule has 156 valence electrons. The summed E-state index contributed by atoms with van der Waals surface area (Å²) in [5.74, 6) is 1.62. The van der Waals surface area contributed by atoms with Crippen LogP contribution in [-0.2, 0) is 6.54 Å². The van der Waals surface area contributed by atoms with Crippen LogP contribution in [0, 0.1) is 0 Å². The number of anilines is 1. The van der Waals surface area contributed by atoms with Crippen molar-refractivity contribution in [1.29, 1.82) is 0 Å². The Kier molecular flexibility index (Phi) is 6.40. The van der Waals surface area contributed by atoms with E-state index in [2.05, 4.69) is 15.3 Å². The first-order valence-electron chi connectivity index (χ1n) is 9.59. The normalized spacial score (nSPS) is 14.5. The molecule has 30 heavy (non-hydrogen) atoms. The molecule has 0 saturated carbocycles. The lowest BCUT2D eigenvalue weighted by atomic mass is 10.1. The van der Waals surface area contributed by atoms with E-state index in [9.17, 15) is 4.79 Å². The maximum Gasteiger partial charge on any atom is 0.274 e. The highest BCUT2D eigenvalue weighted by Crippen LogP contribution is 2.23. The quantitative estimate of drug-likeness (QED) is 0.592. The topological polar surface area (TPSA) is 80.5 Å². The van der Waals surface area contributed by atoms with Crippen LogP contribution in [0.3, 0.4) is 0 Å². The molecule has 1 aliphatic rings. The number of carbonyl (C=O) groups is 1. The molecule has 1 aromatic carbocycles. The highest BCUT2D eigenvalue weighted by atomic mass is 35.5. The number of nitrogens with one attached hydrogen (secondary N) is 1. The molecule has 0 atom stereocenters. The third-order valence-corrected chi connectivity index (χ3v) is 5.32. The highest BCUT2D eigenvalue weighted by molar-refractivity contribution is 6.33. The molecule has 1 fully saturated rings. The zero-order chi connectivity index (χ0) is 20.9. The SMILES string of the molecule is O=C(c1nc(NCc2ccco2)ncc1Cl)N1CCC(Oc2ccc(Cl)cc2)CC1. The Morgan fingerprint density at radius 3 is 2.67 bits per heavy atom. The van der Waals surface area contributed by atoms with Gasteiger partial charge in [-0.3, -0.25) is 4.79 Å². The van der Waals surface area contributed by atoms with Gasteiger partial charge in [-0.1, -0.05) is 23.2 Å². The van der Waals surface area contributed by atoms with Gasteiger partial charge in [0.2, 0.25) is 5.95 Å². The van der Waals surface area contributed by atoms with Crippen LogP contribution < -0.4 is 10.1 Å². The molecule has 3 heterocycles. The summed E-state index contributed by atoms with van der Waals surface area (Å²) >= 11 is 12.1. The minimum atomic E-state index is -0.214. The molecule has 1 N–H and O–H groups in total. The van der Waals surface area contributed by atoms with Gasteiger partial charge in [0.15, 0.2) is 5.69 Å². The van der Waals surface area contributed by atoms with Crippen molar-refractivity contribution in [2.75, 3.05) is 18.4 Å². The maximum absolute atomic E-state index is 13.0. The zero-order valence-corrected chi connectivity index (χ0v) is 17.6. The molecular formula is C21H20Cl2N4O3. The second kappa shape index (κ2) is 9.36. The summed E-state index contributed by atoms with van der Waals surface area (Å²) < 4.78 is 11.3. The molecule has 2 aromatic heterocycles. The number of nitrogens with zero attached hydrogens (tertiary/aromatic N) is 3. The monoisotopic (exact) mass is 446 g/mol. The molecule has 9 heteroatoms. The van der Waals surface area contributed by atoms with Crippen molar-refractivity contribution >= 4 is 35.1 Å². The fourth-order valence-electron chi connectivity index (χ4n) is 3.21. The Labute approximate surface area is 184 Å². The fraction of sp³-hybridized carbons (Fsp3) is 0.286. The van der Waals surface area contributed by atoms with Crippen LogP contribution in [0.15, 0.2) is 53.3 Å². The standard InChI is InChI=1S/C21H20Cl2N4O3/c22-14-3-5-15(6-4-14)30-16-7-9-27(10-8-16)20(28)19-18(23)13-25-21(26-19)24-12-17-2-1-11-29-17/h1-6,11,13,16H,7-10,12H2,(H,24,25,26). The lowest BCUT2D eigenvalue weighted by Crippen LogP contribution is -2.42. The summed E-state index contributed by atoms with van der Waals surface area (Å²) in [6, 6.07) is 10.9. The van der Waals surface area contributed by atoms with Crippen LogP contribution in [0.2, 0.25) is 10.0 Å². The summed E-state index contributed by atoms with van der Waals surface area (Å²) in [7, 11) is 0. The second-order valence-corrected chi connectivity index (χ2v) is 7.73. The number of carbonyl (C=O) groups excluding carboxylic acids is 1. The molecule has 0 unspecified atom stereocenters. The molecule has 7 nitrogen and oxygen atoms in total. The number of piperidine rings is 1. The Morgan fingerprint density at radius 1 is 1.20 bits per heavy atom. The number of hydrogen-bond acceptors (Lipinski definition) is 6. The van der Waals surface area contributed by atoms with Gasteiger partial charge in [0, 0.05) is 31.0 Å². The van der Waals surface area contributed by atoms with E-state index in [1.54, 1.807) is 29.4 Å². The van der Waals surface area contributed by atoms with Crippen LogP contribution in [0.1, 0.15) is 29.1 Å². The Morgan fingerprint density at radius 2 is 1.97 bits per heavy atom. The second-order valence-electron chi connectivity index (χ2n) is 6.89.